The number of thiophene rings is 1. The molecular weight excluding hydrogens is 310 g/mol. The van der Waals surface area contributed by atoms with Crippen LogP contribution < -0.4 is 0 Å². The quantitative estimate of drug-likeness (QED) is 0.315. The highest BCUT2D eigenvalue weighted by Gasteiger charge is 2.17. The number of nitrogens with one attached hydrogen (secondary N) is 1. The predicted molar refractivity (Wildman–Crippen MR) is 106 cm³/mol. The van der Waals surface area contributed by atoms with E-state index in [4.69, 9.17) is 0 Å². The standard InChI is InChI=1S/C22H13NS/c1-2-8-14-13(7-1)21-19(15-9-3-5-11-17(15)23-21)20-16-10-4-6-12-18(16)24-22(14)20/h1-12,23H. The number of aromatic nitrogens is 1. The van der Waals surface area contributed by atoms with Crippen molar-refractivity contribution >= 4 is 64.1 Å². The lowest BCUT2D eigenvalue weighted by Crippen LogP contribution is -1.77. The van der Waals surface area contributed by atoms with E-state index in [0.29, 0.717) is 0 Å². The molecule has 2 heterocycles. The maximum Gasteiger partial charge on any atom is 0.0551 e. The molecule has 0 radical (unpaired) electrons. The minimum Gasteiger partial charge on any atom is -0.354 e. The van der Waals surface area contributed by atoms with Crippen LogP contribution in [0.15, 0.2) is 72.8 Å². The Labute approximate surface area is 142 Å². The second-order valence-electron chi connectivity index (χ2n) is 6.27. The molecule has 6 rings (SSSR count). The van der Waals surface area contributed by atoms with E-state index in [1.165, 1.54) is 52.8 Å². The van der Waals surface area contributed by atoms with Crippen LogP contribution in [0, 0.1) is 0 Å². The molecule has 0 spiro atoms. The highest BCUT2D eigenvalue weighted by molar-refractivity contribution is 7.27. The molecule has 112 valence electrons. The summed E-state index contributed by atoms with van der Waals surface area (Å²) >= 11 is 1.90. The second kappa shape index (κ2) is 4.37. The Morgan fingerprint density at radius 2 is 1.25 bits per heavy atom. The van der Waals surface area contributed by atoms with Crippen molar-refractivity contribution in [2.45, 2.75) is 0 Å². The SMILES string of the molecule is c1ccc2c(c1)[nH]c1c3ccccc3c3sc4ccccc4c3c21. The van der Waals surface area contributed by atoms with E-state index in [2.05, 4.69) is 77.8 Å². The van der Waals surface area contributed by atoms with Gasteiger partial charge in [0.05, 0.1) is 5.52 Å². The molecule has 0 saturated carbocycles. The fourth-order valence-electron chi connectivity index (χ4n) is 3.99. The minimum atomic E-state index is 1.21. The predicted octanol–water partition coefficient (Wildman–Crippen LogP) is 6.84. The van der Waals surface area contributed by atoms with Crippen molar-refractivity contribution in [3.8, 4) is 0 Å². The van der Waals surface area contributed by atoms with Crippen LogP contribution in [0.25, 0.3) is 52.8 Å². The Kier molecular flexibility index (Phi) is 2.29. The van der Waals surface area contributed by atoms with Gasteiger partial charge < -0.3 is 4.98 Å². The summed E-state index contributed by atoms with van der Waals surface area (Å²) in [6, 6.07) is 26.1. The van der Waals surface area contributed by atoms with Gasteiger partial charge >= 0.3 is 0 Å². The van der Waals surface area contributed by atoms with Gasteiger partial charge in [-0.05, 0) is 12.1 Å². The number of fused-ring (bicyclic) bond motifs is 10. The smallest absolute Gasteiger partial charge is 0.0551 e. The molecule has 0 aliphatic rings. The van der Waals surface area contributed by atoms with Crippen molar-refractivity contribution in [2.75, 3.05) is 0 Å². The van der Waals surface area contributed by atoms with Crippen molar-refractivity contribution in [2.24, 2.45) is 0 Å². The molecule has 0 fully saturated rings. The Hall–Kier alpha value is -2.84. The Bertz CT molecular complexity index is 1290. The first-order valence-electron chi connectivity index (χ1n) is 8.14. The van der Waals surface area contributed by atoms with Crippen LogP contribution in [-0.4, -0.2) is 4.98 Å². The van der Waals surface area contributed by atoms with Gasteiger partial charge in [-0.3, -0.25) is 0 Å². The van der Waals surface area contributed by atoms with Crippen molar-refractivity contribution in [3.05, 3.63) is 72.8 Å². The Balaban J connectivity index is 2.10. The zero-order chi connectivity index (χ0) is 15.7. The summed E-state index contributed by atoms with van der Waals surface area (Å²) < 4.78 is 2.75. The molecule has 2 heteroatoms. The molecule has 1 N–H and O–H groups in total. The number of rotatable bonds is 0. The van der Waals surface area contributed by atoms with E-state index >= 15 is 0 Å². The van der Waals surface area contributed by atoms with Crippen LogP contribution in [0.2, 0.25) is 0 Å². The van der Waals surface area contributed by atoms with Crippen molar-refractivity contribution < 1.29 is 0 Å². The van der Waals surface area contributed by atoms with Gasteiger partial charge in [-0.15, -0.1) is 11.3 Å². The lowest BCUT2D eigenvalue weighted by molar-refractivity contribution is 1.57. The van der Waals surface area contributed by atoms with Crippen LogP contribution in [0.5, 0.6) is 0 Å². The summed E-state index contributed by atoms with van der Waals surface area (Å²) in [5.74, 6) is 0. The van der Waals surface area contributed by atoms with Gasteiger partial charge in [-0.1, -0.05) is 60.7 Å². The molecule has 0 aliphatic heterocycles. The van der Waals surface area contributed by atoms with Crippen molar-refractivity contribution in [3.63, 3.8) is 0 Å². The number of hydrogen-bond acceptors (Lipinski definition) is 1. The van der Waals surface area contributed by atoms with E-state index < -0.39 is 0 Å². The average molecular weight is 323 g/mol. The van der Waals surface area contributed by atoms with Gasteiger partial charge in [0.2, 0.25) is 0 Å². The van der Waals surface area contributed by atoms with Crippen molar-refractivity contribution in [1.29, 1.82) is 0 Å². The summed E-state index contributed by atoms with van der Waals surface area (Å²) in [4.78, 5) is 3.67. The lowest BCUT2D eigenvalue weighted by atomic mass is 10.00. The molecule has 1 nitrogen and oxygen atoms in total. The van der Waals surface area contributed by atoms with E-state index in [1.807, 2.05) is 11.3 Å². The fraction of sp³-hybridized carbons (Fsp3) is 0. The third kappa shape index (κ3) is 1.44. The first-order chi connectivity index (χ1) is 11.9. The first-order valence-corrected chi connectivity index (χ1v) is 8.96. The van der Waals surface area contributed by atoms with Crippen molar-refractivity contribution in [1.82, 2.24) is 4.98 Å². The van der Waals surface area contributed by atoms with Gasteiger partial charge in [-0.2, -0.15) is 0 Å². The number of benzene rings is 4. The number of aromatic amines is 1. The molecule has 0 amide bonds. The largest absolute Gasteiger partial charge is 0.354 e. The molecule has 0 unspecified atom stereocenters. The van der Waals surface area contributed by atoms with Gasteiger partial charge in [0.1, 0.15) is 0 Å². The monoisotopic (exact) mass is 323 g/mol. The van der Waals surface area contributed by atoms with Gasteiger partial charge in [0, 0.05) is 47.2 Å². The van der Waals surface area contributed by atoms with Gasteiger partial charge in [0.25, 0.3) is 0 Å². The highest BCUT2D eigenvalue weighted by Crippen LogP contribution is 2.45. The number of H-pyrrole nitrogens is 1. The molecule has 4 aromatic carbocycles. The summed E-state index contributed by atoms with van der Waals surface area (Å²) in [7, 11) is 0. The maximum absolute atomic E-state index is 3.67. The lowest BCUT2D eigenvalue weighted by Gasteiger charge is -2.03. The third-order valence-corrected chi connectivity index (χ3v) is 6.20. The Morgan fingerprint density at radius 3 is 2.12 bits per heavy atom. The highest BCUT2D eigenvalue weighted by atomic mass is 32.1. The first kappa shape index (κ1) is 12.6. The van der Waals surface area contributed by atoms with Crippen LogP contribution in [0.4, 0.5) is 0 Å². The summed E-state index contributed by atoms with van der Waals surface area (Å²) in [5.41, 5.74) is 2.46. The summed E-state index contributed by atoms with van der Waals surface area (Å²) in [5, 5.41) is 8.07. The van der Waals surface area contributed by atoms with Gasteiger partial charge in [0.15, 0.2) is 0 Å². The molecule has 6 aromatic rings. The second-order valence-corrected chi connectivity index (χ2v) is 7.32. The van der Waals surface area contributed by atoms with Crippen LogP contribution >= 0.6 is 11.3 Å². The zero-order valence-corrected chi connectivity index (χ0v) is 13.7. The van der Waals surface area contributed by atoms with E-state index in [9.17, 15) is 0 Å². The maximum atomic E-state index is 3.67. The number of hydrogen-bond donors (Lipinski definition) is 1. The minimum absolute atomic E-state index is 1.21. The molecule has 2 aromatic heterocycles. The molecule has 0 aliphatic carbocycles. The molecule has 0 saturated heterocycles. The number of para-hydroxylation sites is 1. The van der Waals surface area contributed by atoms with E-state index in [0.717, 1.165) is 0 Å². The average Bonchev–Trinajstić information content (AvgIpc) is 3.20. The molecular formula is C22H13NS. The molecule has 0 bridgehead atoms. The van der Waals surface area contributed by atoms with Crippen LogP contribution in [-0.2, 0) is 0 Å². The fourth-order valence-corrected chi connectivity index (χ4v) is 5.23. The summed E-state index contributed by atoms with van der Waals surface area (Å²) in [6.45, 7) is 0. The van der Waals surface area contributed by atoms with Crippen LogP contribution in [0.1, 0.15) is 0 Å². The normalized spacial score (nSPS) is 12.2. The third-order valence-electron chi connectivity index (χ3n) is 4.99. The van der Waals surface area contributed by atoms with Gasteiger partial charge in [-0.25, -0.2) is 0 Å². The van der Waals surface area contributed by atoms with E-state index in [1.54, 1.807) is 0 Å². The van der Waals surface area contributed by atoms with Crippen LogP contribution in [0.3, 0.4) is 0 Å². The topological polar surface area (TPSA) is 15.8 Å². The summed E-state index contributed by atoms with van der Waals surface area (Å²) in [6.07, 6.45) is 0. The zero-order valence-electron chi connectivity index (χ0n) is 12.8. The Morgan fingerprint density at radius 1 is 0.583 bits per heavy atom. The molecule has 24 heavy (non-hydrogen) atoms. The van der Waals surface area contributed by atoms with E-state index in [-0.39, 0.29) is 0 Å². The molecule has 0 atom stereocenters.